The van der Waals surface area contributed by atoms with E-state index in [0.717, 1.165) is 19.6 Å². The van der Waals surface area contributed by atoms with Crippen LogP contribution in [-0.2, 0) is 16.6 Å². The minimum absolute atomic E-state index is 0.105. The third kappa shape index (κ3) is 4.53. The lowest BCUT2D eigenvalue weighted by atomic mass is 10.1. The number of sulfonamides is 1. The second-order valence-electron chi connectivity index (χ2n) is 5.44. The van der Waals surface area contributed by atoms with Crippen LogP contribution in [0.5, 0.6) is 0 Å². The summed E-state index contributed by atoms with van der Waals surface area (Å²) in [7, 11) is -3.60. The molecule has 1 aromatic heterocycles. The fourth-order valence-electron chi connectivity index (χ4n) is 2.58. The van der Waals surface area contributed by atoms with E-state index in [1.54, 1.807) is 0 Å². The molecule has 2 heterocycles. The fourth-order valence-corrected chi connectivity index (χ4v) is 4.81. The zero-order chi connectivity index (χ0) is 15.5. The van der Waals surface area contributed by atoms with Gasteiger partial charge in [-0.3, -0.25) is 0 Å². The molecule has 2 rings (SSSR count). The summed E-state index contributed by atoms with van der Waals surface area (Å²) in [6.07, 6.45) is 3.64. The van der Waals surface area contributed by atoms with E-state index in [1.165, 1.54) is 25.3 Å². The van der Waals surface area contributed by atoms with Gasteiger partial charge in [0.2, 0.25) is 10.0 Å². The van der Waals surface area contributed by atoms with Crippen LogP contribution in [0.25, 0.3) is 0 Å². The van der Waals surface area contributed by atoms with Crippen LogP contribution in [0.2, 0.25) is 0 Å². The van der Waals surface area contributed by atoms with Gasteiger partial charge in [0.1, 0.15) is 10.7 Å². The Morgan fingerprint density at radius 1 is 1.43 bits per heavy atom. The highest BCUT2D eigenvalue weighted by Crippen LogP contribution is 2.26. The average molecular weight is 380 g/mol. The molecule has 0 amide bonds. The Balaban J connectivity index is 2.00. The Bertz CT molecular complexity index is 567. The van der Waals surface area contributed by atoms with Gasteiger partial charge in [0.25, 0.3) is 0 Å². The van der Waals surface area contributed by atoms with Gasteiger partial charge in [0.15, 0.2) is 4.67 Å². The normalized spacial score (nSPS) is 18.8. The van der Waals surface area contributed by atoms with Crippen LogP contribution in [0.15, 0.2) is 20.0 Å². The van der Waals surface area contributed by atoms with Crippen molar-refractivity contribution in [3.8, 4) is 0 Å². The second kappa shape index (κ2) is 7.23. The van der Waals surface area contributed by atoms with E-state index in [1.807, 2.05) is 6.92 Å². The number of furan rings is 1. The van der Waals surface area contributed by atoms with Crippen LogP contribution >= 0.6 is 15.9 Å². The molecule has 1 atom stereocenters. The molecule has 1 aliphatic heterocycles. The molecule has 0 aliphatic carbocycles. The molecule has 0 saturated carbocycles. The molecule has 1 unspecified atom stereocenters. The molecular formula is C13H22BrN3O3S. The first-order chi connectivity index (χ1) is 9.92. The van der Waals surface area contributed by atoms with Gasteiger partial charge < -0.3 is 15.1 Å². The standard InChI is InChI=1S/C13H22BrN3O3S/c1-10(9-17-5-3-2-4-6-17)16-21(18,19)12-7-11(8-15)20-13(12)14/h7,10,16H,2-6,8-9,15H2,1H3. The lowest BCUT2D eigenvalue weighted by Crippen LogP contribution is -2.43. The number of likely N-dealkylation sites (tertiary alicyclic amines) is 1. The van der Waals surface area contributed by atoms with Gasteiger partial charge in [-0.2, -0.15) is 0 Å². The van der Waals surface area contributed by atoms with Crippen LogP contribution < -0.4 is 10.5 Å². The molecule has 0 bridgehead atoms. The van der Waals surface area contributed by atoms with E-state index in [9.17, 15) is 8.42 Å². The molecule has 1 aromatic rings. The summed E-state index contributed by atoms with van der Waals surface area (Å²) in [5, 5.41) is 0. The number of piperidine rings is 1. The summed E-state index contributed by atoms with van der Waals surface area (Å²) in [5.74, 6) is 0.436. The Hall–Kier alpha value is -0.410. The molecule has 120 valence electrons. The maximum Gasteiger partial charge on any atom is 0.245 e. The van der Waals surface area contributed by atoms with Crippen LogP contribution in [0, 0.1) is 0 Å². The minimum atomic E-state index is -3.60. The van der Waals surface area contributed by atoms with Crippen molar-refractivity contribution in [3.05, 3.63) is 16.5 Å². The molecule has 0 spiro atoms. The maximum absolute atomic E-state index is 12.4. The van der Waals surface area contributed by atoms with Crippen LogP contribution in [0.4, 0.5) is 0 Å². The molecule has 1 fully saturated rings. The quantitative estimate of drug-likeness (QED) is 0.784. The predicted molar refractivity (Wildman–Crippen MR) is 84.4 cm³/mol. The van der Waals surface area contributed by atoms with Gasteiger partial charge in [-0.1, -0.05) is 6.42 Å². The van der Waals surface area contributed by atoms with Crippen LogP contribution in [-0.4, -0.2) is 39.0 Å². The van der Waals surface area contributed by atoms with Crippen molar-refractivity contribution in [2.45, 2.75) is 43.7 Å². The number of nitrogens with zero attached hydrogens (tertiary/aromatic N) is 1. The zero-order valence-corrected chi connectivity index (χ0v) is 14.5. The van der Waals surface area contributed by atoms with Gasteiger partial charge >= 0.3 is 0 Å². The Morgan fingerprint density at radius 3 is 2.67 bits per heavy atom. The molecule has 0 aromatic carbocycles. The minimum Gasteiger partial charge on any atom is -0.452 e. The summed E-state index contributed by atoms with van der Waals surface area (Å²) in [6.45, 7) is 4.84. The van der Waals surface area contributed by atoms with E-state index >= 15 is 0 Å². The van der Waals surface area contributed by atoms with Gasteiger partial charge in [-0.15, -0.1) is 0 Å². The van der Waals surface area contributed by atoms with Gasteiger partial charge in [0.05, 0.1) is 6.54 Å². The molecular weight excluding hydrogens is 358 g/mol. The number of nitrogens with one attached hydrogen (secondary N) is 1. The van der Waals surface area contributed by atoms with E-state index in [-0.39, 0.29) is 22.2 Å². The van der Waals surface area contributed by atoms with Crippen molar-refractivity contribution in [1.29, 1.82) is 0 Å². The first-order valence-corrected chi connectivity index (χ1v) is 9.43. The van der Waals surface area contributed by atoms with Gasteiger partial charge in [-0.25, -0.2) is 13.1 Å². The highest BCUT2D eigenvalue weighted by atomic mass is 79.9. The molecule has 1 aliphatic rings. The van der Waals surface area contributed by atoms with Crippen LogP contribution in [0.1, 0.15) is 31.9 Å². The fraction of sp³-hybridized carbons (Fsp3) is 0.692. The molecule has 8 heteroatoms. The highest BCUT2D eigenvalue weighted by Gasteiger charge is 2.25. The summed E-state index contributed by atoms with van der Waals surface area (Å²) in [6, 6.07) is 1.30. The largest absolute Gasteiger partial charge is 0.452 e. The van der Waals surface area contributed by atoms with Crippen molar-refractivity contribution < 1.29 is 12.8 Å². The van der Waals surface area contributed by atoms with E-state index in [2.05, 4.69) is 25.6 Å². The number of rotatable bonds is 6. The maximum atomic E-state index is 12.4. The SMILES string of the molecule is CC(CN1CCCCC1)NS(=O)(=O)c1cc(CN)oc1Br. The first-order valence-electron chi connectivity index (χ1n) is 7.15. The molecule has 1 saturated heterocycles. The lowest BCUT2D eigenvalue weighted by Gasteiger charge is -2.29. The summed E-state index contributed by atoms with van der Waals surface area (Å²) >= 11 is 3.13. The monoisotopic (exact) mass is 379 g/mol. The third-order valence-electron chi connectivity index (χ3n) is 3.53. The van der Waals surface area contributed by atoms with E-state index in [0.29, 0.717) is 5.76 Å². The van der Waals surface area contributed by atoms with Crippen molar-refractivity contribution in [3.63, 3.8) is 0 Å². The number of hydrogen-bond donors (Lipinski definition) is 2. The molecule has 0 radical (unpaired) electrons. The lowest BCUT2D eigenvalue weighted by molar-refractivity contribution is 0.215. The smallest absolute Gasteiger partial charge is 0.245 e. The number of hydrogen-bond acceptors (Lipinski definition) is 5. The highest BCUT2D eigenvalue weighted by molar-refractivity contribution is 9.10. The Labute approximate surface area is 134 Å². The summed E-state index contributed by atoms with van der Waals surface area (Å²) in [4.78, 5) is 2.40. The predicted octanol–water partition coefficient (Wildman–Crippen LogP) is 1.65. The molecule has 21 heavy (non-hydrogen) atoms. The summed E-state index contributed by atoms with van der Waals surface area (Å²) in [5.41, 5.74) is 5.46. The van der Waals surface area contributed by atoms with Crippen molar-refractivity contribution in [2.75, 3.05) is 19.6 Å². The van der Waals surface area contributed by atoms with E-state index in [4.69, 9.17) is 10.2 Å². The Morgan fingerprint density at radius 2 is 2.10 bits per heavy atom. The first kappa shape index (κ1) is 17.0. The zero-order valence-electron chi connectivity index (χ0n) is 12.1. The molecule has 6 nitrogen and oxygen atoms in total. The van der Waals surface area contributed by atoms with Crippen molar-refractivity contribution in [1.82, 2.24) is 9.62 Å². The molecule has 3 N–H and O–H groups in total. The summed E-state index contributed by atoms with van der Waals surface area (Å²) < 4.78 is 32.9. The van der Waals surface area contributed by atoms with Crippen molar-refractivity contribution in [2.24, 2.45) is 5.73 Å². The second-order valence-corrected chi connectivity index (χ2v) is 7.84. The van der Waals surface area contributed by atoms with Gasteiger partial charge in [-0.05, 0) is 48.8 Å². The topological polar surface area (TPSA) is 88.6 Å². The third-order valence-corrected chi connectivity index (χ3v) is 5.98. The van der Waals surface area contributed by atoms with Gasteiger partial charge in [0, 0.05) is 18.7 Å². The van der Waals surface area contributed by atoms with Crippen molar-refractivity contribution >= 4 is 26.0 Å². The number of nitrogens with two attached hydrogens (primary N) is 1. The van der Waals surface area contributed by atoms with E-state index < -0.39 is 10.0 Å². The Kier molecular flexibility index (Phi) is 5.84. The average Bonchev–Trinajstić information content (AvgIpc) is 2.81. The number of halogens is 1. The van der Waals surface area contributed by atoms with Crippen LogP contribution in [0.3, 0.4) is 0 Å².